The molecule has 0 aliphatic carbocycles. The maximum atomic E-state index is 10.5. The van der Waals surface area contributed by atoms with Gasteiger partial charge >= 0.3 is 0 Å². The minimum Gasteiger partial charge on any atom is -0.394 e. The van der Waals surface area contributed by atoms with E-state index in [2.05, 4.69) is 20.3 Å². The first-order valence-corrected chi connectivity index (χ1v) is 7.05. The van der Waals surface area contributed by atoms with Gasteiger partial charge in [-0.1, -0.05) is 0 Å². The van der Waals surface area contributed by atoms with Crippen LogP contribution in [0.1, 0.15) is 6.23 Å². The molecule has 1 saturated heterocycles. The van der Waals surface area contributed by atoms with Gasteiger partial charge in [-0.15, -0.1) is 0 Å². The van der Waals surface area contributed by atoms with Gasteiger partial charge in [-0.05, 0) is 7.05 Å². The molecule has 3 rings (SSSR count). The smallest absolute Gasteiger partial charge is 0.167 e. The molecule has 3 heterocycles. The molecule has 0 unspecified atom stereocenters. The zero-order chi connectivity index (χ0) is 15.9. The normalized spacial score (nSPS) is 28.4. The molecule has 1 fully saturated rings. The van der Waals surface area contributed by atoms with E-state index in [9.17, 15) is 10.2 Å². The summed E-state index contributed by atoms with van der Waals surface area (Å²) >= 11 is 0. The van der Waals surface area contributed by atoms with Crippen LogP contribution in [-0.4, -0.2) is 75.7 Å². The quantitative estimate of drug-likeness (QED) is 0.642. The van der Waals surface area contributed by atoms with Gasteiger partial charge < -0.3 is 25.2 Å². The number of aromatic nitrogens is 4. The Labute approximate surface area is 127 Å². The highest BCUT2D eigenvalue weighted by Crippen LogP contribution is 2.32. The Morgan fingerprint density at radius 1 is 1.36 bits per heavy atom. The molecule has 120 valence electrons. The molecule has 0 spiro atoms. The number of anilines is 1. The van der Waals surface area contributed by atoms with Gasteiger partial charge in [0, 0.05) is 14.1 Å². The number of rotatable bonds is 4. The van der Waals surface area contributed by atoms with Gasteiger partial charge in [0.15, 0.2) is 23.2 Å². The van der Waals surface area contributed by atoms with Crippen LogP contribution in [0.2, 0.25) is 0 Å². The molecule has 0 aromatic carbocycles. The van der Waals surface area contributed by atoms with Crippen molar-refractivity contribution in [2.75, 3.05) is 32.6 Å². The van der Waals surface area contributed by atoms with Crippen molar-refractivity contribution in [2.45, 2.75) is 24.5 Å². The van der Waals surface area contributed by atoms with Crippen LogP contribution in [0.25, 0.3) is 11.2 Å². The summed E-state index contributed by atoms with van der Waals surface area (Å²) in [4.78, 5) is 14.7. The molecule has 0 amide bonds. The van der Waals surface area contributed by atoms with E-state index in [1.54, 1.807) is 17.9 Å². The first-order valence-electron chi connectivity index (χ1n) is 7.05. The van der Waals surface area contributed by atoms with E-state index >= 15 is 0 Å². The number of nitrogens with zero attached hydrogens (tertiary/aromatic N) is 5. The van der Waals surface area contributed by atoms with E-state index in [0.29, 0.717) is 17.0 Å². The number of aliphatic hydroxyl groups is 2. The fourth-order valence-electron chi connectivity index (χ4n) is 2.84. The zero-order valence-electron chi connectivity index (χ0n) is 12.7. The molecular weight excluding hydrogens is 288 g/mol. The Balaban J connectivity index is 2.03. The Morgan fingerprint density at radius 2 is 2.14 bits per heavy atom. The lowest BCUT2D eigenvalue weighted by Crippen LogP contribution is -2.43. The van der Waals surface area contributed by atoms with Crippen molar-refractivity contribution in [3.63, 3.8) is 0 Å². The Hall–Kier alpha value is -1.81. The summed E-state index contributed by atoms with van der Waals surface area (Å²) in [6, 6.07) is -0.359. The fourth-order valence-corrected chi connectivity index (χ4v) is 2.84. The SMILES string of the molecule is CN[C@@H]1[C@H](O)[C@@H](n2cnc3c(N(C)C)ncnc32)O[C@@H]1CO. The summed E-state index contributed by atoms with van der Waals surface area (Å²) in [5, 5.41) is 22.8. The molecule has 0 bridgehead atoms. The maximum absolute atomic E-state index is 10.5. The van der Waals surface area contributed by atoms with Crippen molar-refractivity contribution in [3.05, 3.63) is 12.7 Å². The number of imidazole rings is 1. The molecule has 1 aliphatic rings. The summed E-state index contributed by atoms with van der Waals surface area (Å²) in [6.45, 7) is -0.177. The monoisotopic (exact) mass is 308 g/mol. The van der Waals surface area contributed by atoms with Gasteiger partial charge in [0.05, 0.1) is 19.0 Å². The maximum Gasteiger partial charge on any atom is 0.167 e. The van der Waals surface area contributed by atoms with Gasteiger partial charge in [0.1, 0.15) is 18.5 Å². The molecule has 0 saturated carbocycles. The predicted molar refractivity (Wildman–Crippen MR) is 79.5 cm³/mol. The summed E-state index contributed by atoms with van der Waals surface area (Å²) < 4.78 is 7.44. The summed E-state index contributed by atoms with van der Waals surface area (Å²) in [5.74, 6) is 0.695. The van der Waals surface area contributed by atoms with E-state index in [1.165, 1.54) is 6.33 Å². The lowest BCUT2D eigenvalue weighted by molar-refractivity contribution is -0.0489. The van der Waals surface area contributed by atoms with Crippen molar-refractivity contribution >= 4 is 17.0 Å². The van der Waals surface area contributed by atoms with Crippen LogP contribution in [0.5, 0.6) is 0 Å². The molecule has 4 atom stereocenters. The third-order valence-corrected chi connectivity index (χ3v) is 3.93. The van der Waals surface area contributed by atoms with E-state index in [1.807, 2.05) is 19.0 Å². The highest BCUT2D eigenvalue weighted by Gasteiger charge is 2.44. The fraction of sp³-hybridized carbons (Fsp3) is 0.615. The van der Waals surface area contributed by atoms with Gasteiger partial charge in [-0.2, -0.15) is 0 Å². The zero-order valence-corrected chi connectivity index (χ0v) is 12.7. The second-order valence-electron chi connectivity index (χ2n) is 5.47. The lowest BCUT2D eigenvalue weighted by Gasteiger charge is -2.18. The van der Waals surface area contributed by atoms with Crippen LogP contribution in [0.4, 0.5) is 5.82 Å². The van der Waals surface area contributed by atoms with Crippen molar-refractivity contribution in [1.82, 2.24) is 24.8 Å². The summed E-state index contributed by atoms with van der Waals surface area (Å²) in [5.41, 5.74) is 1.22. The average molecular weight is 308 g/mol. The van der Waals surface area contributed by atoms with E-state index in [4.69, 9.17) is 4.74 Å². The van der Waals surface area contributed by atoms with Crippen LogP contribution in [0.15, 0.2) is 12.7 Å². The summed E-state index contributed by atoms with van der Waals surface area (Å²) in [6.07, 6.45) is 1.06. The van der Waals surface area contributed by atoms with Crippen LogP contribution in [0.3, 0.4) is 0 Å². The van der Waals surface area contributed by atoms with Gasteiger partial charge in [0.25, 0.3) is 0 Å². The van der Waals surface area contributed by atoms with Crippen LogP contribution >= 0.6 is 0 Å². The Bertz CT molecular complexity index is 660. The number of fused-ring (bicyclic) bond motifs is 1. The molecule has 9 heteroatoms. The van der Waals surface area contributed by atoms with Crippen molar-refractivity contribution in [2.24, 2.45) is 0 Å². The number of likely N-dealkylation sites (N-methyl/N-ethyl adjacent to an activating group) is 1. The largest absolute Gasteiger partial charge is 0.394 e. The highest BCUT2D eigenvalue weighted by molar-refractivity contribution is 5.83. The van der Waals surface area contributed by atoms with E-state index in [-0.39, 0.29) is 12.6 Å². The van der Waals surface area contributed by atoms with Gasteiger partial charge in [-0.3, -0.25) is 4.57 Å². The van der Waals surface area contributed by atoms with Crippen molar-refractivity contribution < 1.29 is 14.9 Å². The predicted octanol–water partition coefficient (Wildman–Crippen LogP) is -1.27. The number of aliphatic hydroxyl groups excluding tert-OH is 2. The van der Waals surface area contributed by atoms with Crippen LogP contribution in [-0.2, 0) is 4.74 Å². The second kappa shape index (κ2) is 5.76. The topological polar surface area (TPSA) is 109 Å². The standard InChI is InChI=1S/C13H20N6O3/c1-14-8-7(4-20)22-13(10(8)21)19-6-17-9-11(18(2)3)15-5-16-12(9)19/h5-8,10,13-14,20-21H,4H2,1-3H3/t7-,8+,10+,13+/m1/s1. The first-order chi connectivity index (χ1) is 10.6. The van der Waals surface area contributed by atoms with Gasteiger partial charge in [-0.25, -0.2) is 15.0 Å². The van der Waals surface area contributed by atoms with E-state index in [0.717, 1.165) is 0 Å². The number of ether oxygens (including phenoxy) is 1. The van der Waals surface area contributed by atoms with E-state index < -0.39 is 18.4 Å². The molecule has 1 aliphatic heterocycles. The van der Waals surface area contributed by atoms with Gasteiger partial charge in [0.2, 0.25) is 0 Å². The summed E-state index contributed by atoms with van der Waals surface area (Å²) in [7, 11) is 5.47. The Morgan fingerprint density at radius 3 is 2.73 bits per heavy atom. The minimum atomic E-state index is -0.822. The lowest BCUT2D eigenvalue weighted by atomic mass is 10.1. The third kappa shape index (κ3) is 2.22. The van der Waals surface area contributed by atoms with Crippen molar-refractivity contribution in [3.8, 4) is 0 Å². The number of hydrogen-bond donors (Lipinski definition) is 3. The van der Waals surface area contributed by atoms with Crippen LogP contribution < -0.4 is 10.2 Å². The molecule has 3 N–H and O–H groups in total. The first kappa shape index (κ1) is 15.1. The molecule has 0 radical (unpaired) electrons. The highest BCUT2D eigenvalue weighted by atomic mass is 16.5. The molecule has 2 aromatic heterocycles. The number of nitrogens with one attached hydrogen (secondary N) is 1. The average Bonchev–Trinajstić information content (AvgIpc) is 3.07. The molecule has 2 aromatic rings. The van der Waals surface area contributed by atoms with Crippen molar-refractivity contribution in [1.29, 1.82) is 0 Å². The molecule has 9 nitrogen and oxygen atoms in total. The molecule has 22 heavy (non-hydrogen) atoms. The third-order valence-electron chi connectivity index (χ3n) is 3.93. The number of hydrogen-bond acceptors (Lipinski definition) is 8. The Kier molecular flexibility index (Phi) is 3.96. The molecular formula is C13H20N6O3. The second-order valence-corrected chi connectivity index (χ2v) is 5.47. The minimum absolute atomic E-state index is 0.177. The van der Waals surface area contributed by atoms with Crippen LogP contribution in [0, 0.1) is 0 Å².